The van der Waals surface area contributed by atoms with Crippen LogP contribution in [-0.4, -0.2) is 34.8 Å². The summed E-state index contributed by atoms with van der Waals surface area (Å²) in [5.41, 5.74) is 1.97. The van der Waals surface area contributed by atoms with Crippen LogP contribution in [0.2, 0.25) is 0 Å². The number of amides is 2. The second-order valence-corrected chi connectivity index (χ2v) is 8.47. The molecule has 1 N–H and O–H groups in total. The van der Waals surface area contributed by atoms with Crippen LogP contribution in [0.4, 0.5) is 0 Å². The largest absolute Gasteiger partial charge is 0.350 e. The molecule has 0 fully saturated rings. The lowest BCUT2D eigenvalue weighted by Gasteiger charge is -2.33. The topological polar surface area (TPSA) is 49.4 Å². The van der Waals surface area contributed by atoms with Gasteiger partial charge in [-0.15, -0.1) is 0 Å². The Morgan fingerprint density at radius 1 is 0.897 bits per heavy atom. The van der Waals surface area contributed by atoms with Crippen LogP contribution in [0.1, 0.15) is 51.7 Å². The monoisotopic (exact) mass is 394 g/mol. The summed E-state index contributed by atoms with van der Waals surface area (Å²) in [4.78, 5) is 27.8. The van der Waals surface area contributed by atoms with Gasteiger partial charge in [-0.3, -0.25) is 9.59 Å². The molecular weight excluding hydrogens is 360 g/mol. The molecule has 29 heavy (non-hydrogen) atoms. The first-order valence-corrected chi connectivity index (χ1v) is 10.5. The van der Waals surface area contributed by atoms with Gasteiger partial charge in [0.2, 0.25) is 11.8 Å². The fourth-order valence-electron chi connectivity index (χ4n) is 3.39. The first kappa shape index (κ1) is 22.7. The van der Waals surface area contributed by atoms with Crippen molar-refractivity contribution in [3.63, 3.8) is 0 Å². The molecule has 0 radical (unpaired) electrons. The van der Waals surface area contributed by atoms with Crippen LogP contribution < -0.4 is 5.32 Å². The van der Waals surface area contributed by atoms with Crippen LogP contribution >= 0.6 is 0 Å². The lowest BCUT2D eigenvalue weighted by molar-refractivity contribution is -0.141. The highest BCUT2D eigenvalue weighted by atomic mass is 16.2. The maximum Gasteiger partial charge on any atom is 0.243 e. The molecule has 0 saturated heterocycles. The van der Waals surface area contributed by atoms with Crippen molar-refractivity contribution in [3.05, 3.63) is 71.8 Å². The normalized spacial score (nSPS) is 12.3. The number of benzene rings is 2. The molecule has 156 valence electrons. The minimum absolute atomic E-state index is 0.0284. The molecule has 0 aliphatic heterocycles. The summed E-state index contributed by atoms with van der Waals surface area (Å²) in [7, 11) is 0. The molecule has 0 aliphatic rings. The zero-order valence-electron chi connectivity index (χ0n) is 18.2. The van der Waals surface area contributed by atoms with E-state index in [1.807, 2.05) is 76.2 Å². The molecule has 2 aromatic rings. The van der Waals surface area contributed by atoms with Crippen LogP contribution in [0.15, 0.2) is 60.7 Å². The van der Waals surface area contributed by atoms with Gasteiger partial charge in [-0.25, -0.2) is 0 Å². The molecule has 0 saturated carbocycles. The lowest BCUT2D eigenvalue weighted by atomic mass is 10.0. The minimum Gasteiger partial charge on any atom is -0.350 e. The summed E-state index contributed by atoms with van der Waals surface area (Å²) < 4.78 is 0. The third-order valence-electron chi connectivity index (χ3n) is 4.84. The molecule has 2 rings (SSSR count). The highest BCUT2D eigenvalue weighted by Gasteiger charge is 2.30. The summed E-state index contributed by atoms with van der Waals surface area (Å²) in [5.74, 6) is -0.0539. The van der Waals surface area contributed by atoms with E-state index in [0.29, 0.717) is 25.8 Å². The average molecular weight is 395 g/mol. The Hall–Kier alpha value is -2.62. The number of hydrogen-bond donors (Lipinski definition) is 1. The second kappa shape index (κ2) is 10.8. The zero-order valence-corrected chi connectivity index (χ0v) is 18.2. The molecule has 0 heterocycles. The third-order valence-corrected chi connectivity index (χ3v) is 4.84. The van der Waals surface area contributed by atoms with E-state index in [-0.39, 0.29) is 17.4 Å². The Bertz CT molecular complexity index is 766. The highest BCUT2D eigenvalue weighted by molar-refractivity contribution is 5.88. The fourth-order valence-corrected chi connectivity index (χ4v) is 3.39. The van der Waals surface area contributed by atoms with Gasteiger partial charge in [0.1, 0.15) is 6.04 Å². The Morgan fingerprint density at radius 2 is 1.41 bits per heavy atom. The van der Waals surface area contributed by atoms with E-state index in [1.54, 1.807) is 4.90 Å². The van der Waals surface area contributed by atoms with Gasteiger partial charge in [0.15, 0.2) is 0 Å². The summed E-state index contributed by atoms with van der Waals surface area (Å²) in [6.07, 6.45) is 2.40. The van der Waals surface area contributed by atoms with E-state index in [0.717, 1.165) is 12.0 Å². The first-order valence-electron chi connectivity index (χ1n) is 10.5. The van der Waals surface area contributed by atoms with Crippen molar-refractivity contribution in [1.82, 2.24) is 10.2 Å². The number of rotatable bonds is 9. The van der Waals surface area contributed by atoms with Crippen molar-refractivity contribution >= 4 is 11.8 Å². The molecule has 2 aromatic carbocycles. The molecule has 0 aliphatic carbocycles. The Balaban J connectivity index is 2.13. The van der Waals surface area contributed by atoms with Crippen molar-refractivity contribution < 1.29 is 9.59 Å². The van der Waals surface area contributed by atoms with Crippen LogP contribution in [-0.2, 0) is 22.4 Å². The van der Waals surface area contributed by atoms with E-state index in [4.69, 9.17) is 0 Å². The average Bonchev–Trinajstić information content (AvgIpc) is 2.69. The van der Waals surface area contributed by atoms with E-state index < -0.39 is 6.04 Å². The number of nitrogens with one attached hydrogen (secondary N) is 1. The summed E-state index contributed by atoms with van der Waals surface area (Å²) in [6.45, 7) is 8.38. The molecule has 2 amide bonds. The fraction of sp³-hybridized carbons (Fsp3) is 0.440. The number of hydrogen-bond acceptors (Lipinski definition) is 2. The van der Waals surface area contributed by atoms with Gasteiger partial charge in [0.05, 0.1) is 0 Å². The van der Waals surface area contributed by atoms with E-state index in [1.165, 1.54) is 5.56 Å². The Labute approximate surface area is 175 Å². The molecule has 4 heteroatoms. The van der Waals surface area contributed by atoms with Crippen molar-refractivity contribution in [2.45, 2.75) is 65.0 Å². The van der Waals surface area contributed by atoms with Crippen molar-refractivity contribution in [2.75, 3.05) is 6.54 Å². The first-order chi connectivity index (χ1) is 13.8. The van der Waals surface area contributed by atoms with E-state index in [9.17, 15) is 9.59 Å². The molecule has 0 unspecified atom stereocenters. The third kappa shape index (κ3) is 7.72. The van der Waals surface area contributed by atoms with Crippen LogP contribution in [0, 0.1) is 0 Å². The van der Waals surface area contributed by atoms with Crippen molar-refractivity contribution in [1.29, 1.82) is 0 Å². The summed E-state index contributed by atoms with van der Waals surface area (Å²) in [6, 6.07) is 19.7. The maximum absolute atomic E-state index is 13.2. The van der Waals surface area contributed by atoms with E-state index in [2.05, 4.69) is 17.4 Å². The number of carbonyl (C=O) groups excluding carboxylic acids is 2. The predicted molar refractivity (Wildman–Crippen MR) is 119 cm³/mol. The predicted octanol–water partition coefficient (Wildman–Crippen LogP) is 4.38. The summed E-state index contributed by atoms with van der Waals surface area (Å²) in [5, 5.41) is 3.04. The number of nitrogens with zero attached hydrogens (tertiary/aromatic N) is 1. The summed E-state index contributed by atoms with van der Waals surface area (Å²) >= 11 is 0. The standard InChI is InChI=1S/C25H34N2O2/c1-5-22(24(29)26-25(2,3)4)27(19-18-21-14-10-7-11-15-21)23(28)17-16-20-12-8-6-9-13-20/h6-15,22H,5,16-19H2,1-4H3,(H,26,29)/t22-/m1/s1. The van der Waals surface area contributed by atoms with Crippen LogP contribution in [0.25, 0.3) is 0 Å². The number of aryl methyl sites for hydroxylation is 1. The molecular formula is C25H34N2O2. The van der Waals surface area contributed by atoms with Crippen molar-refractivity contribution in [3.8, 4) is 0 Å². The lowest BCUT2D eigenvalue weighted by Crippen LogP contribution is -2.54. The minimum atomic E-state index is -0.457. The Kier molecular flexibility index (Phi) is 8.44. The highest BCUT2D eigenvalue weighted by Crippen LogP contribution is 2.14. The maximum atomic E-state index is 13.2. The van der Waals surface area contributed by atoms with Gasteiger partial charge in [-0.2, -0.15) is 0 Å². The van der Waals surface area contributed by atoms with Gasteiger partial charge in [-0.1, -0.05) is 67.6 Å². The SMILES string of the molecule is CC[C@H](C(=O)NC(C)(C)C)N(CCc1ccccc1)C(=O)CCc1ccccc1. The molecule has 1 atom stereocenters. The Morgan fingerprint density at radius 3 is 1.90 bits per heavy atom. The zero-order chi connectivity index (χ0) is 21.3. The van der Waals surface area contributed by atoms with Gasteiger partial charge in [0, 0.05) is 18.5 Å². The van der Waals surface area contributed by atoms with Gasteiger partial charge >= 0.3 is 0 Å². The number of carbonyl (C=O) groups is 2. The van der Waals surface area contributed by atoms with Gasteiger partial charge < -0.3 is 10.2 Å². The van der Waals surface area contributed by atoms with Crippen molar-refractivity contribution in [2.24, 2.45) is 0 Å². The van der Waals surface area contributed by atoms with Gasteiger partial charge in [-0.05, 0) is 51.2 Å². The molecule has 0 bridgehead atoms. The second-order valence-electron chi connectivity index (χ2n) is 8.47. The molecule has 0 spiro atoms. The molecule has 4 nitrogen and oxygen atoms in total. The molecule has 0 aromatic heterocycles. The smallest absolute Gasteiger partial charge is 0.243 e. The van der Waals surface area contributed by atoms with E-state index >= 15 is 0 Å². The van der Waals surface area contributed by atoms with Crippen LogP contribution in [0.5, 0.6) is 0 Å². The van der Waals surface area contributed by atoms with Gasteiger partial charge in [0.25, 0.3) is 0 Å². The quantitative estimate of drug-likeness (QED) is 0.686. The van der Waals surface area contributed by atoms with Crippen LogP contribution in [0.3, 0.4) is 0 Å².